The summed E-state index contributed by atoms with van der Waals surface area (Å²) in [4.78, 5) is 11.7. The van der Waals surface area contributed by atoms with Crippen molar-refractivity contribution in [2.75, 3.05) is 20.6 Å². The van der Waals surface area contributed by atoms with E-state index in [1.54, 1.807) is 0 Å². The van der Waals surface area contributed by atoms with Gasteiger partial charge in [0.05, 0.1) is 5.69 Å². The number of nitrogens with two attached hydrogens (primary N) is 1. The lowest BCUT2D eigenvalue weighted by molar-refractivity contribution is 0.392. The summed E-state index contributed by atoms with van der Waals surface area (Å²) in [5.41, 5.74) is 6.46. The number of rotatable bonds is 5. The molecule has 2 heterocycles. The Hall–Kier alpha value is -1.31. The lowest BCUT2D eigenvalue weighted by atomic mass is 10.3. The lowest BCUT2D eigenvalue weighted by Gasteiger charge is -2.05. The Morgan fingerprint density at radius 2 is 2.11 bits per heavy atom. The van der Waals surface area contributed by atoms with Crippen LogP contribution >= 0.6 is 11.3 Å². The van der Waals surface area contributed by atoms with Gasteiger partial charge in [0, 0.05) is 19.5 Å². The molecule has 0 aromatic carbocycles. The van der Waals surface area contributed by atoms with Gasteiger partial charge in [-0.2, -0.15) is 4.98 Å². The largest absolute Gasteiger partial charge is 0.333 e. The van der Waals surface area contributed by atoms with Crippen molar-refractivity contribution in [3.63, 3.8) is 0 Å². The number of likely N-dealkylation sites (N-methyl/N-ethyl adjacent to an activating group) is 1. The van der Waals surface area contributed by atoms with Gasteiger partial charge in [0.2, 0.25) is 0 Å². The fraction of sp³-hybridized carbons (Fsp3) is 0.545. The molecule has 98 valence electrons. The first kappa shape index (κ1) is 13.1. The molecule has 2 aromatic rings. The number of nitrogens with zero attached hydrogens (tertiary/aromatic N) is 4. The van der Waals surface area contributed by atoms with Gasteiger partial charge in [0.25, 0.3) is 5.89 Å². The zero-order valence-electron chi connectivity index (χ0n) is 10.8. The molecule has 0 bridgehead atoms. The SMILES string of the molecule is Cc1nc(CN)sc1-c1nc(CCN(C)C)no1. The highest BCUT2D eigenvalue weighted by atomic mass is 32.1. The fourth-order valence-electron chi connectivity index (χ4n) is 1.51. The normalized spacial score (nSPS) is 11.4. The Morgan fingerprint density at radius 1 is 1.33 bits per heavy atom. The van der Waals surface area contributed by atoms with Crippen molar-refractivity contribution in [2.24, 2.45) is 5.73 Å². The molecule has 0 radical (unpaired) electrons. The topological polar surface area (TPSA) is 81.1 Å². The molecule has 0 spiro atoms. The predicted molar refractivity (Wildman–Crippen MR) is 70.3 cm³/mol. The van der Waals surface area contributed by atoms with E-state index in [2.05, 4.69) is 20.0 Å². The number of hydrogen-bond acceptors (Lipinski definition) is 7. The zero-order valence-corrected chi connectivity index (χ0v) is 11.6. The van der Waals surface area contributed by atoms with Gasteiger partial charge in [-0.1, -0.05) is 5.16 Å². The Bertz CT molecular complexity index is 519. The minimum atomic E-state index is 0.438. The van der Waals surface area contributed by atoms with Crippen LogP contribution in [0, 0.1) is 6.92 Å². The zero-order chi connectivity index (χ0) is 13.1. The molecule has 6 nitrogen and oxygen atoms in total. The average Bonchev–Trinajstić information content (AvgIpc) is 2.92. The number of aryl methyl sites for hydroxylation is 1. The predicted octanol–water partition coefficient (Wildman–Crippen LogP) is 1.06. The Labute approximate surface area is 110 Å². The minimum absolute atomic E-state index is 0.438. The smallest absolute Gasteiger partial charge is 0.269 e. The molecule has 0 unspecified atom stereocenters. The minimum Gasteiger partial charge on any atom is -0.333 e. The van der Waals surface area contributed by atoms with Crippen LogP contribution in [0.5, 0.6) is 0 Å². The van der Waals surface area contributed by atoms with Crippen LogP contribution in [0.25, 0.3) is 10.8 Å². The van der Waals surface area contributed by atoms with Crippen molar-refractivity contribution >= 4 is 11.3 Å². The molecule has 0 saturated carbocycles. The molecule has 2 rings (SSSR count). The summed E-state index contributed by atoms with van der Waals surface area (Å²) in [7, 11) is 4.03. The fourth-order valence-corrected chi connectivity index (χ4v) is 2.37. The van der Waals surface area contributed by atoms with Crippen LogP contribution < -0.4 is 5.73 Å². The average molecular weight is 267 g/mol. The molecular formula is C11H17N5OS. The van der Waals surface area contributed by atoms with E-state index in [-0.39, 0.29) is 0 Å². The third kappa shape index (κ3) is 2.92. The van der Waals surface area contributed by atoms with Gasteiger partial charge < -0.3 is 15.2 Å². The van der Waals surface area contributed by atoms with Gasteiger partial charge in [-0.25, -0.2) is 4.98 Å². The number of aromatic nitrogens is 3. The molecule has 2 aromatic heterocycles. The van der Waals surface area contributed by atoms with Crippen LogP contribution in [-0.4, -0.2) is 40.7 Å². The second kappa shape index (κ2) is 5.55. The van der Waals surface area contributed by atoms with Crippen molar-refractivity contribution in [1.82, 2.24) is 20.0 Å². The maximum Gasteiger partial charge on any atom is 0.269 e. The van der Waals surface area contributed by atoms with Gasteiger partial charge in [-0.3, -0.25) is 0 Å². The van der Waals surface area contributed by atoms with Crippen LogP contribution in [0.4, 0.5) is 0 Å². The monoisotopic (exact) mass is 267 g/mol. The van der Waals surface area contributed by atoms with E-state index < -0.39 is 0 Å². The molecule has 7 heteroatoms. The second-order valence-corrected chi connectivity index (χ2v) is 5.38. The summed E-state index contributed by atoms with van der Waals surface area (Å²) in [6.07, 6.45) is 0.776. The van der Waals surface area contributed by atoms with E-state index in [0.29, 0.717) is 12.4 Å². The van der Waals surface area contributed by atoms with Crippen molar-refractivity contribution in [1.29, 1.82) is 0 Å². The molecule has 0 atom stereocenters. The first-order chi connectivity index (χ1) is 8.60. The number of hydrogen-bond donors (Lipinski definition) is 1. The summed E-state index contributed by atoms with van der Waals surface area (Å²) in [6.45, 7) is 3.26. The molecule has 0 aliphatic rings. The Morgan fingerprint density at radius 3 is 2.72 bits per heavy atom. The van der Waals surface area contributed by atoms with Crippen LogP contribution in [0.15, 0.2) is 4.52 Å². The van der Waals surface area contributed by atoms with Crippen molar-refractivity contribution in [3.05, 3.63) is 16.5 Å². The molecule has 2 N–H and O–H groups in total. The first-order valence-corrected chi connectivity index (χ1v) is 6.56. The van der Waals surface area contributed by atoms with E-state index >= 15 is 0 Å². The van der Waals surface area contributed by atoms with Crippen molar-refractivity contribution < 1.29 is 4.52 Å². The molecule has 18 heavy (non-hydrogen) atoms. The van der Waals surface area contributed by atoms with Gasteiger partial charge in [0.1, 0.15) is 9.88 Å². The maximum absolute atomic E-state index is 5.57. The maximum atomic E-state index is 5.57. The summed E-state index contributed by atoms with van der Waals surface area (Å²) in [6, 6.07) is 0. The van der Waals surface area contributed by atoms with E-state index in [1.165, 1.54) is 11.3 Å². The molecule has 0 aliphatic heterocycles. The van der Waals surface area contributed by atoms with Gasteiger partial charge in [-0.05, 0) is 21.0 Å². The molecule has 0 fully saturated rings. The Balaban J connectivity index is 2.15. The molecular weight excluding hydrogens is 250 g/mol. The van der Waals surface area contributed by atoms with Gasteiger partial charge in [0.15, 0.2) is 5.82 Å². The van der Waals surface area contributed by atoms with Gasteiger partial charge in [-0.15, -0.1) is 11.3 Å². The van der Waals surface area contributed by atoms with Gasteiger partial charge >= 0.3 is 0 Å². The molecule has 0 saturated heterocycles. The lowest BCUT2D eigenvalue weighted by Crippen LogP contribution is -2.15. The van der Waals surface area contributed by atoms with Crippen LogP contribution in [0.3, 0.4) is 0 Å². The standard InChI is InChI=1S/C11H17N5OS/c1-7-10(18-9(6-12)13-7)11-14-8(15-17-11)4-5-16(2)3/h4-6,12H2,1-3H3. The highest BCUT2D eigenvalue weighted by molar-refractivity contribution is 7.15. The molecule has 0 amide bonds. The summed E-state index contributed by atoms with van der Waals surface area (Å²) in [5.74, 6) is 1.26. The number of thiazole rings is 1. The third-order valence-electron chi connectivity index (χ3n) is 2.46. The van der Waals surface area contributed by atoms with Crippen LogP contribution in [0.1, 0.15) is 16.5 Å². The van der Waals surface area contributed by atoms with E-state index in [9.17, 15) is 0 Å². The quantitative estimate of drug-likeness (QED) is 0.872. The molecule has 0 aliphatic carbocycles. The first-order valence-electron chi connectivity index (χ1n) is 5.74. The highest BCUT2D eigenvalue weighted by Crippen LogP contribution is 2.28. The third-order valence-corrected chi connectivity index (χ3v) is 3.63. The van der Waals surface area contributed by atoms with E-state index in [0.717, 1.165) is 34.4 Å². The summed E-state index contributed by atoms with van der Waals surface area (Å²) >= 11 is 1.51. The van der Waals surface area contributed by atoms with Crippen LogP contribution in [-0.2, 0) is 13.0 Å². The summed E-state index contributed by atoms with van der Waals surface area (Å²) in [5, 5.41) is 4.86. The van der Waals surface area contributed by atoms with E-state index in [1.807, 2.05) is 21.0 Å². The highest BCUT2D eigenvalue weighted by Gasteiger charge is 2.15. The summed E-state index contributed by atoms with van der Waals surface area (Å²) < 4.78 is 5.27. The Kier molecular flexibility index (Phi) is 4.05. The second-order valence-electron chi connectivity index (χ2n) is 4.30. The van der Waals surface area contributed by atoms with Crippen LogP contribution in [0.2, 0.25) is 0 Å². The van der Waals surface area contributed by atoms with E-state index in [4.69, 9.17) is 10.3 Å². The van der Waals surface area contributed by atoms with Crippen molar-refractivity contribution in [2.45, 2.75) is 19.9 Å². The van der Waals surface area contributed by atoms with Crippen molar-refractivity contribution in [3.8, 4) is 10.8 Å².